The van der Waals surface area contributed by atoms with Crippen LogP contribution in [0.25, 0.3) is 0 Å². The van der Waals surface area contributed by atoms with Crippen molar-refractivity contribution in [3.05, 3.63) is 0 Å². The predicted octanol–water partition coefficient (Wildman–Crippen LogP) is 4.29. The molecule has 0 heterocycles. The molecule has 0 spiro atoms. The molecule has 15 heteroatoms. The molecule has 0 saturated heterocycles. The van der Waals surface area contributed by atoms with Crippen molar-refractivity contribution in [1.29, 1.82) is 0 Å². The maximum Gasteiger partial charge on any atom is 0.384 e. The van der Waals surface area contributed by atoms with Crippen molar-refractivity contribution in [1.82, 2.24) is 0 Å². The molecular weight excluding hydrogens is 412 g/mol. The number of halogens is 12. The highest BCUT2D eigenvalue weighted by Gasteiger charge is 2.87. The van der Waals surface area contributed by atoms with Gasteiger partial charge in [-0.3, -0.25) is 4.79 Å². The van der Waals surface area contributed by atoms with E-state index in [0.29, 0.717) is 0 Å². The molecular formula is C10H8F12O2S. The van der Waals surface area contributed by atoms with Gasteiger partial charge in [0, 0.05) is 5.75 Å². The van der Waals surface area contributed by atoms with Crippen molar-refractivity contribution in [3.63, 3.8) is 0 Å². The van der Waals surface area contributed by atoms with E-state index in [2.05, 4.69) is 17.4 Å². The zero-order valence-electron chi connectivity index (χ0n) is 11.5. The molecule has 0 rings (SSSR count). The SMILES string of the molecule is O=C(CCS)OCC(F)(F)C(F)(F)C(F)(F)C(F)(F)C(F)(F)C(F)F. The van der Waals surface area contributed by atoms with E-state index >= 15 is 0 Å². The average Bonchev–Trinajstić information content (AvgIpc) is 2.44. The Morgan fingerprint density at radius 2 is 1.28 bits per heavy atom. The predicted molar refractivity (Wildman–Crippen MR) is 60.2 cm³/mol. The number of hydrogen-bond donors (Lipinski definition) is 1. The molecule has 0 aromatic carbocycles. The van der Waals surface area contributed by atoms with Crippen LogP contribution in [0.2, 0.25) is 0 Å². The summed E-state index contributed by atoms with van der Waals surface area (Å²) in [6, 6.07) is 0. The van der Waals surface area contributed by atoms with Gasteiger partial charge < -0.3 is 4.74 Å². The average molecular weight is 420 g/mol. The molecule has 0 atom stereocenters. The van der Waals surface area contributed by atoms with E-state index in [1.807, 2.05) is 0 Å². The summed E-state index contributed by atoms with van der Waals surface area (Å²) >= 11 is 3.41. The van der Waals surface area contributed by atoms with Gasteiger partial charge in [0.25, 0.3) is 0 Å². The van der Waals surface area contributed by atoms with E-state index < -0.39 is 55.0 Å². The summed E-state index contributed by atoms with van der Waals surface area (Å²) in [5, 5.41) is 0. The lowest BCUT2D eigenvalue weighted by Gasteiger charge is -2.38. The van der Waals surface area contributed by atoms with E-state index in [-0.39, 0.29) is 5.75 Å². The van der Waals surface area contributed by atoms with Crippen molar-refractivity contribution in [2.45, 2.75) is 42.5 Å². The molecule has 0 unspecified atom stereocenters. The number of alkyl halides is 12. The standard InChI is InChI=1S/C10H8F12O2S/c11-5(12)7(15,16)9(19,20)10(21,22)8(17,18)6(13,14)3-24-4(23)1-2-25/h5,25H,1-3H2. The number of thiol groups is 1. The monoisotopic (exact) mass is 420 g/mol. The Morgan fingerprint density at radius 3 is 1.64 bits per heavy atom. The first-order valence-electron chi connectivity index (χ1n) is 5.84. The molecule has 0 aromatic heterocycles. The summed E-state index contributed by atoms with van der Waals surface area (Å²) in [6.07, 6.45) is -6.33. The van der Waals surface area contributed by atoms with Gasteiger partial charge in [-0.05, 0) is 0 Å². The zero-order valence-corrected chi connectivity index (χ0v) is 12.4. The Labute approximate surface area is 136 Å². The van der Waals surface area contributed by atoms with Gasteiger partial charge in [0.1, 0.15) is 0 Å². The Bertz CT molecular complexity index is 479. The van der Waals surface area contributed by atoms with Crippen molar-refractivity contribution >= 4 is 18.6 Å². The van der Waals surface area contributed by atoms with Crippen LogP contribution in [0, 0.1) is 0 Å². The fourth-order valence-corrected chi connectivity index (χ4v) is 1.38. The van der Waals surface area contributed by atoms with Gasteiger partial charge in [0.2, 0.25) is 0 Å². The maximum atomic E-state index is 13.1. The van der Waals surface area contributed by atoms with E-state index in [1.165, 1.54) is 0 Å². The number of ether oxygens (including phenoxy) is 1. The first-order valence-corrected chi connectivity index (χ1v) is 6.47. The Morgan fingerprint density at radius 1 is 0.840 bits per heavy atom. The summed E-state index contributed by atoms with van der Waals surface area (Å²) in [5.41, 5.74) is 0. The summed E-state index contributed by atoms with van der Waals surface area (Å²) in [5.74, 6) is -37.8. The molecule has 0 aliphatic carbocycles. The van der Waals surface area contributed by atoms with Gasteiger partial charge in [0.05, 0.1) is 6.42 Å². The highest BCUT2D eigenvalue weighted by atomic mass is 32.1. The topological polar surface area (TPSA) is 26.3 Å². The fraction of sp³-hybridized carbons (Fsp3) is 0.900. The van der Waals surface area contributed by atoms with Crippen LogP contribution in [0.1, 0.15) is 6.42 Å². The minimum absolute atomic E-state index is 0.352. The van der Waals surface area contributed by atoms with Crippen molar-refractivity contribution in [3.8, 4) is 0 Å². The fourth-order valence-electron chi connectivity index (χ4n) is 1.20. The number of carbonyl (C=O) groups is 1. The summed E-state index contributed by atoms with van der Waals surface area (Å²) in [7, 11) is 0. The summed E-state index contributed by atoms with van der Waals surface area (Å²) < 4.78 is 156. The van der Waals surface area contributed by atoms with Crippen molar-refractivity contribution in [2.24, 2.45) is 0 Å². The molecule has 0 aliphatic heterocycles. The number of hydrogen-bond acceptors (Lipinski definition) is 3. The largest absolute Gasteiger partial charge is 0.459 e. The molecule has 0 amide bonds. The molecule has 0 fully saturated rings. The van der Waals surface area contributed by atoms with E-state index in [9.17, 15) is 57.5 Å². The molecule has 25 heavy (non-hydrogen) atoms. The molecule has 0 aromatic rings. The van der Waals surface area contributed by atoms with Crippen LogP contribution < -0.4 is 0 Å². The normalized spacial score (nSPS) is 14.8. The maximum absolute atomic E-state index is 13.1. The van der Waals surface area contributed by atoms with E-state index in [0.717, 1.165) is 0 Å². The van der Waals surface area contributed by atoms with Crippen LogP contribution >= 0.6 is 12.6 Å². The number of esters is 1. The van der Waals surface area contributed by atoms with Gasteiger partial charge >= 0.3 is 42.0 Å². The Balaban J connectivity index is 5.75. The minimum atomic E-state index is -7.63. The highest BCUT2D eigenvalue weighted by Crippen LogP contribution is 2.58. The molecule has 0 N–H and O–H groups in total. The van der Waals surface area contributed by atoms with Crippen molar-refractivity contribution in [2.75, 3.05) is 12.4 Å². The third kappa shape index (κ3) is 4.05. The van der Waals surface area contributed by atoms with Crippen LogP contribution in [-0.4, -0.2) is 54.4 Å². The summed E-state index contributed by atoms with van der Waals surface area (Å²) in [4.78, 5) is 10.7. The van der Waals surface area contributed by atoms with Crippen LogP contribution in [0.4, 0.5) is 52.7 Å². The molecule has 0 radical (unpaired) electrons. The second kappa shape index (κ2) is 7.31. The lowest BCUT2D eigenvalue weighted by atomic mass is 9.94. The lowest BCUT2D eigenvalue weighted by Crippen LogP contribution is -2.69. The lowest BCUT2D eigenvalue weighted by molar-refractivity contribution is -0.414. The third-order valence-corrected chi connectivity index (χ3v) is 2.89. The molecule has 0 bridgehead atoms. The van der Waals surface area contributed by atoms with Gasteiger partial charge in [-0.25, -0.2) is 8.78 Å². The first-order chi connectivity index (χ1) is 10.9. The molecule has 2 nitrogen and oxygen atoms in total. The van der Waals surface area contributed by atoms with Gasteiger partial charge in [0.15, 0.2) is 6.61 Å². The van der Waals surface area contributed by atoms with Gasteiger partial charge in [-0.15, -0.1) is 0 Å². The second-order valence-corrected chi connectivity index (χ2v) is 4.93. The van der Waals surface area contributed by atoms with Gasteiger partial charge in [-0.2, -0.15) is 56.5 Å². The van der Waals surface area contributed by atoms with Gasteiger partial charge in [-0.1, -0.05) is 0 Å². The van der Waals surface area contributed by atoms with Crippen LogP contribution in [0.3, 0.4) is 0 Å². The quantitative estimate of drug-likeness (QED) is 0.342. The van der Waals surface area contributed by atoms with Crippen LogP contribution in [-0.2, 0) is 9.53 Å². The van der Waals surface area contributed by atoms with E-state index in [4.69, 9.17) is 0 Å². The molecule has 150 valence electrons. The van der Waals surface area contributed by atoms with E-state index in [1.54, 1.807) is 0 Å². The summed E-state index contributed by atoms with van der Waals surface area (Å²) in [6.45, 7) is -2.89. The van der Waals surface area contributed by atoms with Crippen LogP contribution in [0.5, 0.6) is 0 Å². The molecule has 0 saturated carbocycles. The smallest absolute Gasteiger partial charge is 0.384 e. The molecule has 0 aliphatic rings. The Kier molecular flexibility index (Phi) is 7.01. The number of rotatable bonds is 9. The van der Waals surface area contributed by atoms with Crippen molar-refractivity contribution < 1.29 is 62.2 Å². The second-order valence-electron chi connectivity index (χ2n) is 4.49. The highest BCUT2D eigenvalue weighted by molar-refractivity contribution is 7.80. The number of carbonyl (C=O) groups excluding carboxylic acids is 1. The Hall–Kier alpha value is -1.02. The van der Waals surface area contributed by atoms with Crippen LogP contribution in [0.15, 0.2) is 0 Å². The third-order valence-electron chi connectivity index (χ3n) is 2.67. The zero-order chi connectivity index (χ0) is 20.5. The first kappa shape index (κ1) is 24.0. The minimum Gasteiger partial charge on any atom is -0.459 e.